The van der Waals surface area contributed by atoms with Crippen LogP contribution < -0.4 is 21.1 Å². The Hall–Kier alpha value is -2.65. The molecule has 0 bridgehead atoms. The summed E-state index contributed by atoms with van der Waals surface area (Å²) in [6, 6.07) is 3.99. The van der Waals surface area contributed by atoms with Crippen molar-refractivity contribution in [2.45, 2.75) is 19.3 Å². The van der Waals surface area contributed by atoms with Gasteiger partial charge in [-0.2, -0.15) is 25.5 Å². The Bertz CT molecular complexity index is 537. The summed E-state index contributed by atoms with van der Waals surface area (Å²) in [7, 11) is 0. The van der Waals surface area contributed by atoms with Crippen LogP contribution >= 0.6 is 0 Å². The molecule has 9 heteroatoms. The number of hydrazine groups is 1. The topological polar surface area (TPSA) is 131 Å². The minimum atomic E-state index is 0.0288. The lowest BCUT2D eigenvalue weighted by molar-refractivity contribution is 0.567. The Kier molecular flexibility index (Phi) is 5.07. The largest absolute Gasteiger partial charge is 0.341 e. The molecule has 9 nitrogen and oxygen atoms in total. The summed E-state index contributed by atoms with van der Waals surface area (Å²) in [4.78, 5) is 16.3. The van der Waals surface area contributed by atoms with Gasteiger partial charge in [0.05, 0.1) is 12.1 Å². The molecule has 0 aromatic carbocycles. The second-order valence-corrected chi connectivity index (χ2v) is 4.62. The SMILES string of the molecule is N#CCN(CC#N)c1nc(NN)nc(N2CCCCC2)n1. The Labute approximate surface area is 123 Å². The van der Waals surface area contributed by atoms with Gasteiger partial charge >= 0.3 is 0 Å². The van der Waals surface area contributed by atoms with Gasteiger partial charge in [0, 0.05) is 13.1 Å². The van der Waals surface area contributed by atoms with E-state index in [9.17, 15) is 0 Å². The highest BCUT2D eigenvalue weighted by molar-refractivity contribution is 5.46. The molecule has 0 saturated carbocycles. The van der Waals surface area contributed by atoms with Gasteiger partial charge in [0.2, 0.25) is 17.8 Å². The highest BCUT2D eigenvalue weighted by Gasteiger charge is 2.18. The average Bonchev–Trinajstić information content (AvgIpc) is 2.55. The monoisotopic (exact) mass is 287 g/mol. The third kappa shape index (κ3) is 3.68. The van der Waals surface area contributed by atoms with E-state index in [0.29, 0.717) is 5.95 Å². The Balaban J connectivity index is 2.32. The number of piperidine rings is 1. The summed E-state index contributed by atoms with van der Waals surface area (Å²) in [5.74, 6) is 6.42. The lowest BCUT2D eigenvalue weighted by Crippen LogP contribution is -2.33. The number of aromatic nitrogens is 3. The summed E-state index contributed by atoms with van der Waals surface area (Å²) < 4.78 is 0. The minimum Gasteiger partial charge on any atom is -0.341 e. The van der Waals surface area contributed by atoms with Crippen molar-refractivity contribution in [2.75, 3.05) is 41.4 Å². The van der Waals surface area contributed by atoms with Crippen molar-refractivity contribution in [2.24, 2.45) is 5.84 Å². The molecular formula is C12H17N9. The molecule has 2 heterocycles. The van der Waals surface area contributed by atoms with Crippen LogP contribution in [-0.2, 0) is 0 Å². The van der Waals surface area contributed by atoms with Crippen molar-refractivity contribution in [3.63, 3.8) is 0 Å². The molecule has 1 aromatic heterocycles. The molecule has 0 radical (unpaired) electrons. The van der Waals surface area contributed by atoms with Crippen LogP contribution in [0.15, 0.2) is 0 Å². The van der Waals surface area contributed by atoms with E-state index in [-0.39, 0.29) is 25.0 Å². The molecule has 1 aromatic rings. The molecule has 0 aliphatic carbocycles. The molecule has 1 fully saturated rings. The normalized spacial score (nSPS) is 14.1. The van der Waals surface area contributed by atoms with E-state index in [2.05, 4.69) is 25.3 Å². The van der Waals surface area contributed by atoms with E-state index >= 15 is 0 Å². The summed E-state index contributed by atoms with van der Waals surface area (Å²) >= 11 is 0. The number of nitrogen functional groups attached to an aromatic ring is 1. The van der Waals surface area contributed by atoms with Crippen LogP contribution in [-0.4, -0.2) is 41.1 Å². The number of nitrogens with one attached hydrogen (secondary N) is 1. The van der Waals surface area contributed by atoms with Crippen LogP contribution in [0.2, 0.25) is 0 Å². The van der Waals surface area contributed by atoms with E-state index in [1.165, 1.54) is 11.3 Å². The molecular weight excluding hydrogens is 270 g/mol. The molecule has 0 unspecified atom stereocenters. The number of nitrogens with zero attached hydrogens (tertiary/aromatic N) is 7. The number of rotatable bonds is 5. The van der Waals surface area contributed by atoms with Gasteiger partial charge in [-0.3, -0.25) is 5.43 Å². The molecule has 21 heavy (non-hydrogen) atoms. The smallest absolute Gasteiger partial charge is 0.243 e. The number of hydrogen-bond acceptors (Lipinski definition) is 9. The Morgan fingerprint density at radius 3 is 2.33 bits per heavy atom. The van der Waals surface area contributed by atoms with Crippen molar-refractivity contribution in [3.05, 3.63) is 0 Å². The van der Waals surface area contributed by atoms with Crippen molar-refractivity contribution in [3.8, 4) is 12.1 Å². The molecule has 1 aliphatic rings. The number of anilines is 3. The Morgan fingerprint density at radius 1 is 1.10 bits per heavy atom. The molecule has 1 saturated heterocycles. The van der Waals surface area contributed by atoms with Crippen molar-refractivity contribution >= 4 is 17.8 Å². The Morgan fingerprint density at radius 2 is 1.76 bits per heavy atom. The predicted octanol–water partition coefficient (Wildman–Crippen LogP) is 0.00106. The van der Waals surface area contributed by atoms with Crippen LogP contribution in [0.3, 0.4) is 0 Å². The van der Waals surface area contributed by atoms with Gasteiger partial charge in [-0.05, 0) is 19.3 Å². The van der Waals surface area contributed by atoms with Gasteiger partial charge in [0.15, 0.2) is 0 Å². The predicted molar refractivity (Wildman–Crippen MR) is 77.1 cm³/mol. The first-order valence-electron chi connectivity index (χ1n) is 6.75. The third-order valence-electron chi connectivity index (χ3n) is 3.19. The van der Waals surface area contributed by atoms with E-state index in [0.717, 1.165) is 25.9 Å². The third-order valence-corrected chi connectivity index (χ3v) is 3.19. The zero-order valence-electron chi connectivity index (χ0n) is 11.7. The van der Waals surface area contributed by atoms with Crippen LogP contribution in [0.25, 0.3) is 0 Å². The number of nitriles is 2. The zero-order chi connectivity index (χ0) is 15.1. The first-order chi connectivity index (χ1) is 10.3. The van der Waals surface area contributed by atoms with E-state index in [1.54, 1.807) is 0 Å². The van der Waals surface area contributed by atoms with Gasteiger partial charge in [-0.15, -0.1) is 0 Å². The van der Waals surface area contributed by atoms with E-state index in [1.807, 2.05) is 12.1 Å². The quantitative estimate of drug-likeness (QED) is 0.436. The number of nitrogens with two attached hydrogens (primary N) is 1. The van der Waals surface area contributed by atoms with E-state index in [4.69, 9.17) is 16.4 Å². The minimum absolute atomic E-state index is 0.0288. The van der Waals surface area contributed by atoms with Crippen LogP contribution in [0, 0.1) is 22.7 Å². The highest BCUT2D eigenvalue weighted by Crippen LogP contribution is 2.19. The maximum absolute atomic E-state index is 8.85. The first-order valence-corrected chi connectivity index (χ1v) is 6.75. The van der Waals surface area contributed by atoms with Gasteiger partial charge in [0.1, 0.15) is 13.1 Å². The van der Waals surface area contributed by atoms with E-state index < -0.39 is 0 Å². The molecule has 110 valence electrons. The van der Waals surface area contributed by atoms with Gasteiger partial charge in [-0.25, -0.2) is 5.84 Å². The fourth-order valence-corrected chi connectivity index (χ4v) is 2.16. The molecule has 0 amide bonds. The summed E-state index contributed by atoms with van der Waals surface area (Å²) in [5.41, 5.74) is 2.40. The number of hydrogen-bond donors (Lipinski definition) is 2. The fraction of sp³-hybridized carbons (Fsp3) is 0.583. The fourth-order valence-electron chi connectivity index (χ4n) is 2.16. The van der Waals surface area contributed by atoms with Crippen LogP contribution in [0.1, 0.15) is 19.3 Å². The molecule has 0 spiro atoms. The second-order valence-electron chi connectivity index (χ2n) is 4.62. The van der Waals surface area contributed by atoms with Gasteiger partial charge < -0.3 is 9.80 Å². The molecule has 1 aliphatic heterocycles. The van der Waals surface area contributed by atoms with Crippen LogP contribution in [0.5, 0.6) is 0 Å². The second kappa shape index (κ2) is 7.22. The summed E-state index contributed by atoms with van der Waals surface area (Å²) in [6.07, 6.45) is 3.38. The lowest BCUT2D eigenvalue weighted by atomic mass is 10.1. The lowest BCUT2D eigenvalue weighted by Gasteiger charge is -2.27. The van der Waals surface area contributed by atoms with Crippen molar-refractivity contribution < 1.29 is 0 Å². The molecule has 3 N–H and O–H groups in total. The molecule has 2 rings (SSSR count). The van der Waals surface area contributed by atoms with Crippen molar-refractivity contribution in [1.82, 2.24) is 15.0 Å². The zero-order valence-corrected chi connectivity index (χ0v) is 11.7. The van der Waals surface area contributed by atoms with Gasteiger partial charge in [-0.1, -0.05) is 0 Å². The summed E-state index contributed by atoms with van der Waals surface area (Å²) in [6.45, 7) is 1.82. The van der Waals surface area contributed by atoms with Gasteiger partial charge in [0.25, 0.3) is 0 Å². The first kappa shape index (κ1) is 14.8. The average molecular weight is 287 g/mol. The van der Waals surface area contributed by atoms with Crippen molar-refractivity contribution in [1.29, 1.82) is 10.5 Å². The maximum atomic E-state index is 8.85. The molecule has 0 atom stereocenters. The highest BCUT2D eigenvalue weighted by atomic mass is 15.4. The standard InChI is InChI=1S/C12H17N9/c13-4-8-21(9-5-14)12-17-10(19-15)16-11(18-12)20-6-2-1-3-7-20/h1-3,6-9,15H2,(H,16,17,18,19). The van der Waals surface area contributed by atoms with Crippen LogP contribution in [0.4, 0.5) is 17.8 Å². The maximum Gasteiger partial charge on any atom is 0.243 e. The summed E-state index contributed by atoms with van der Waals surface area (Å²) in [5, 5.41) is 17.7.